The molecule has 0 aromatic rings. The Hall–Kier alpha value is -0.120. The van der Waals surface area contributed by atoms with E-state index in [1.165, 1.54) is 19.3 Å². The number of piperidine rings is 1. The minimum absolute atomic E-state index is 0.340. The van der Waals surface area contributed by atoms with E-state index in [2.05, 4.69) is 39.5 Å². The molecule has 3 atom stereocenters. The van der Waals surface area contributed by atoms with Crippen molar-refractivity contribution in [3.8, 4) is 0 Å². The quantitative estimate of drug-likeness (QED) is 0.831. The Morgan fingerprint density at radius 2 is 1.61 bits per heavy atom. The molecule has 1 aliphatic heterocycles. The zero-order chi connectivity index (χ0) is 17.0. The maximum absolute atomic E-state index is 10.3. The van der Waals surface area contributed by atoms with Gasteiger partial charge in [0.25, 0.3) is 0 Å². The lowest BCUT2D eigenvalue weighted by molar-refractivity contribution is -0.0482. The SMILES string of the molecule is C[C@@H]1C[C@@H](C)CN(C[C@H](O)COC2CCC(C(C)(C)C)CC2)C1. The highest BCUT2D eigenvalue weighted by Gasteiger charge is 2.30. The molecule has 3 nitrogen and oxygen atoms in total. The first-order chi connectivity index (χ1) is 10.7. The van der Waals surface area contributed by atoms with E-state index in [4.69, 9.17) is 4.74 Å². The number of hydrogen-bond donors (Lipinski definition) is 1. The van der Waals surface area contributed by atoms with Crippen LogP contribution in [0.2, 0.25) is 0 Å². The van der Waals surface area contributed by atoms with Gasteiger partial charge in [0, 0.05) is 19.6 Å². The van der Waals surface area contributed by atoms with Gasteiger partial charge in [-0.25, -0.2) is 0 Å². The maximum Gasteiger partial charge on any atom is 0.0900 e. The molecule has 3 heteroatoms. The van der Waals surface area contributed by atoms with Crippen LogP contribution in [0.5, 0.6) is 0 Å². The van der Waals surface area contributed by atoms with E-state index in [0.717, 1.165) is 50.2 Å². The Bertz CT molecular complexity index is 334. The van der Waals surface area contributed by atoms with Crippen LogP contribution in [0.25, 0.3) is 0 Å². The molecule has 1 saturated carbocycles. The summed E-state index contributed by atoms with van der Waals surface area (Å²) >= 11 is 0. The van der Waals surface area contributed by atoms with E-state index in [0.29, 0.717) is 18.1 Å². The van der Waals surface area contributed by atoms with Crippen molar-refractivity contribution in [2.24, 2.45) is 23.2 Å². The van der Waals surface area contributed by atoms with Crippen LogP contribution >= 0.6 is 0 Å². The first-order valence-corrected chi connectivity index (χ1v) is 9.76. The van der Waals surface area contributed by atoms with Gasteiger partial charge in [-0.3, -0.25) is 0 Å². The lowest BCUT2D eigenvalue weighted by Crippen LogP contribution is -2.44. The fourth-order valence-corrected chi connectivity index (χ4v) is 4.63. The van der Waals surface area contributed by atoms with E-state index in [9.17, 15) is 5.11 Å². The highest BCUT2D eigenvalue weighted by Crippen LogP contribution is 2.38. The number of aliphatic hydroxyl groups excluding tert-OH is 1. The predicted octanol–water partition coefficient (Wildman–Crippen LogP) is 3.95. The highest BCUT2D eigenvalue weighted by atomic mass is 16.5. The lowest BCUT2D eigenvalue weighted by atomic mass is 9.72. The van der Waals surface area contributed by atoms with Crippen molar-refractivity contribution in [1.29, 1.82) is 0 Å². The Morgan fingerprint density at radius 1 is 1.04 bits per heavy atom. The normalized spacial score (nSPS) is 35.2. The third-order valence-corrected chi connectivity index (χ3v) is 5.84. The molecular weight excluding hydrogens is 286 g/mol. The van der Waals surface area contributed by atoms with Crippen molar-refractivity contribution in [1.82, 2.24) is 4.90 Å². The number of β-amino-alcohol motifs (C(OH)–C–C–N with tert-alkyl or cyclic N) is 1. The molecule has 23 heavy (non-hydrogen) atoms. The zero-order valence-electron chi connectivity index (χ0n) is 16.1. The Balaban J connectivity index is 1.64. The van der Waals surface area contributed by atoms with Gasteiger partial charge in [-0.05, 0) is 55.3 Å². The summed E-state index contributed by atoms with van der Waals surface area (Å²) in [4.78, 5) is 2.42. The smallest absolute Gasteiger partial charge is 0.0900 e. The van der Waals surface area contributed by atoms with Crippen molar-refractivity contribution in [2.75, 3.05) is 26.2 Å². The van der Waals surface area contributed by atoms with E-state index >= 15 is 0 Å². The molecule has 0 aromatic heterocycles. The molecule has 2 aliphatic rings. The van der Waals surface area contributed by atoms with Gasteiger partial charge in [-0.2, -0.15) is 0 Å². The molecule has 2 fully saturated rings. The van der Waals surface area contributed by atoms with Crippen LogP contribution in [0, 0.1) is 23.2 Å². The molecular formula is C20H39NO2. The molecule has 0 spiro atoms. The highest BCUT2D eigenvalue weighted by molar-refractivity contribution is 4.81. The molecule has 0 amide bonds. The van der Waals surface area contributed by atoms with Gasteiger partial charge in [0.15, 0.2) is 0 Å². The summed E-state index contributed by atoms with van der Waals surface area (Å²) in [6.45, 7) is 15.2. The maximum atomic E-state index is 10.3. The summed E-state index contributed by atoms with van der Waals surface area (Å²) < 4.78 is 6.02. The number of ether oxygens (including phenoxy) is 1. The number of nitrogens with zero attached hydrogens (tertiary/aromatic N) is 1. The topological polar surface area (TPSA) is 32.7 Å². The third kappa shape index (κ3) is 6.36. The summed E-state index contributed by atoms with van der Waals surface area (Å²) in [6.07, 6.45) is 6.20. The summed E-state index contributed by atoms with van der Waals surface area (Å²) in [7, 11) is 0. The van der Waals surface area contributed by atoms with Gasteiger partial charge in [0.05, 0.1) is 18.8 Å². The average molecular weight is 326 g/mol. The van der Waals surface area contributed by atoms with E-state index < -0.39 is 0 Å². The van der Waals surface area contributed by atoms with E-state index in [-0.39, 0.29) is 6.10 Å². The fraction of sp³-hybridized carbons (Fsp3) is 1.00. The fourth-order valence-electron chi connectivity index (χ4n) is 4.63. The van der Waals surface area contributed by atoms with Crippen LogP contribution in [-0.4, -0.2) is 48.5 Å². The minimum Gasteiger partial charge on any atom is -0.389 e. The lowest BCUT2D eigenvalue weighted by Gasteiger charge is -2.38. The van der Waals surface area contributed by atoms with Crippen molar-refractivity contribution in [2.45, 2.75) is 78.9 Å². The molecule has 2 rings (SSSR count). The van der Waals surface area contributed by atoms with Gasteiger partial charge in [0.1, 0.15) is 0 Å². The number of likely N-dealkylation sites (tertiary alicyclic amines) is 1. The Labute approximate surface area is 143 Å². The van der Waals surface area contributed by atoms with Gasteiger partial charge < -0.3 is 14.7 Å². The molecule has 136 valence electrons. The van der Waals surface area contributed by atoms with Crippen molar-refractivity contribution in [3.05, 3.63) is 0 Å². The average Bonchev–Trinajstić information content (AvgIpc) is 2.43. The summed E-state index contributed by atoms with van der Waals surface area (Å²) in [5.41, 5.74) is 0.423. The molecule has 1 saturated heterocycles. The zero-order valence-corrected chi connectivity index (χ0v) is 16.1. The van der Waals surface area contributed by atoms with Crippen LogP contribution in [0.15, 0.2) is 0 Å². The van der Waals surface area contributed by atoms with Gasteiger partial charge in [0.2, 0.25) is 0 Å². The van der Waals surface area contributed by atoms with Crippen LogP contribution < -0.4 is 0 Å². The second kappa shape index (κ2) is 8.31. The molecule has 0 bridgehead atoms. The largest absolute Gasteiger partial charge is 0.389 e. The Kier molecular flexibility index (Phi) is 6.94. The predicted molar refractivity (Wildman–Crippen MR) is 96.5 cm³/mol. The van der Waals surface area contributed by atoms with Gasteiger partial charge in [-0.1, -0.05) is 34.6 Å². The second-order valence-corrected chi connectivity index (χ2v) is 9.49. The van der Waals surface area contributed by atoms with Crippen molar-refractivity contribution < 1.29 is 9.84 Å². The monoisotopic (exact) mass is 325 g/mol. The summed E-state index contributed by atoms with van der Waals surface area (Å²) in [5.74, 6) is 2.32. The molecule has 1 heterocycles. The number of aliphatic hydroxyl groups is 1. The first-order valence-electron chi connectivity index (χ1n) is 9.76. The van der Waals surface area contributed by atoms with E-state index in [1.807, 2.05) is 0 Å². The van der Waals surface area contributed by atoms with E-state index in [1.54, 1.807) is 0 Å². The summed E-state index contributed by atoms with van der Waals surface area (Å²) in [6, 6.07) is 0. The molecule has 0 aromatic carbocycles. The second-order valence-electron chi connectivity index (χ2n) is 9.49. The van der Waals surface area contributed by atoms with Crippen LogP contribution in [0.1, 0.15) is 66.7 Å². The Morgan fingerprint density at radius 3 is 2.13 bits per heavy atom. The molecule has 1 aliphatic carbocycles. The first kappa shape index (κ1) is 19.2. The number of rotatable bonds is 5. The molecule has 0 radical (unpaired) electrons. The van der Waals surface area contributed by atoms with Gasteiger partial charge in [-0.15, -0.1) is 0 Å². The third-order valence-electron chi connectivity index (χ3n) is 5.84. The molecule has 0 unspecified atom stereocenters. The van der Waals surface area contributed by atoms with Crippen LogP contribution in [-0.2, 0) is 4.74 Å². The van der Waals surface area contributed by atoms with Crippen molar-refractivity contribution in [3.63, 3.8) is 0 Å². The standard InChI is InChI=1S/C20H39NO2/c1-15-10-16(2)12-21(11-15)13-18(22)14-23-19-8-6-17(7-9-19)20(3,4)5/h15-19,22H,6-14H2,1-5H3/t15-,16-,17?,18+,19?/m1/s1. The van der Waals surface area contributed by atoms with Gasteiger partial charge >= 0.3 is 0 Å². The number of hydrogen-bond acceptors (Lipinski definition) is 3. The minimum atomic E-state index is -0.340. The molecule has 1 N–H and O–H groups in total. The summed E-state index contributed by atoms with van der Waals surface area (Å²) in [5, 5.41) is 10.3. The van der Waals surface area contributed by atoms with Crippen LogP contribution in [0.4, 0.5) is 0 Å². The van der Waals surface area contributed by atoms with Crippen molar-refractivity contribution >= 4 is 0 Å². The van der Waals surface area contributed by atoms with Crippen LogP contribution in [0.3, 0.4) is 0 Å².